The summed E-state index contributed by atoms with van der Waals surface area (Å²) in [6, 6.07) is 6.83. The van der Waals surface area contributed by atoms with Crippen LogP contribution in [-0.2, 0) is 14.8 Å². The maximum atomic E-state index is 12.4. The minimum absolute atomic E-state index is 0.0679. The van der Waals surface area contributed by atoms with Gasteiger partial charge in [0.2, 0.25) is 15.9 Å². The minimum Gasteiger partial charge on any atom is -0.311 e. The van der Waals surface area contributed by atoms with Crippen molar-refractivity contribution in [2.75, 3.05) is 18.0 Å². The maximum absolute atomic E-state index is 12.4. The first-order chi connectivity index (χ1) is 11.2. The van der Waals surface area contributed by atoms with E-state index in [1.807, 2.05) is 0 Å². The minimum atomic E-state index is -3.70. The zero-order valence-corrected chi connectivity index (χ0v) is 15.2. The van der Waals surface area contributed by atoms with Crippen LogP contribution in [0.25, 0.3) is 0 Å². The van der Waals surface area contributed by atoms with Crippen LogP contribution in [0, 0.1) is 13.8 Å². The van der Waals surface area contributed by atoms with Gasteiger partial charge in [-0.25, -0.2) is 13.1 Å². The SMILES string of the molecule is CC(=O)N(CCNS(=O)(=O)c1c(C)n[nH]c1C)c1cccc(Cl)c1. The van der Waals surface area contributed by atoms with E-state index in [0.29, 0.717) is 22.1 Å². The number of aryl methyl sites for hydroxylation is 2. The fraction of sp³-hybridized carbons (Fsp3) is 0.333. The number of hydrogen-bond donors (Lipinski definition) is 2. The molecule has 2 rings (SSSR count). The number of H-pyrrole nitrogens is 1. The lowest BCUT2D eigenvalue weighted by Crippen LogP contribution is -2.37. The molecule has 0 radical (unpaired) electrons. The third-order valence-electron chi connectivity index (χ3n) is 3.46. The van der Waals surface area contributed by atoms with Crippen molar-refractivity contribution in [3.63, 3.8) is 0 Å². The molecule has 0 saturated heterocycles. The van der Waals surface area contributed by atoms with E-state index in [4.69, 9.17) is 11.6 Å². The monoisotopic (exact) mass is 370 g/mol. The van der Waals surface area contributed by atoms with Gasteiger partial charge < -0.3 is 4.90 Å². The first-order valence-corrected chi connectivity index (χ1v) is 9.13. The van der Waals surface area contributed by atoms with E-state index >= 15 is 0 Å². The quantitative estimate of drug-likeness (QED) is 0.813. The van der Waals surface area contributed by atoms with E-state index in [1.54, 1.807) is 38.1 Å². The molecule has 0 fully saturated rings. The molecule has 0 aliphatic heterocycles. The second kappa shape index (κ2) is 7.33. The summed E-state index contributed by atoms with van der Waals surface area (Å²) in [4.78, 5) is 13.4. The number of aromatic amines is 1. The number of halogens is 1. The highest BCUT2D eigenvalue weighted by Gasteiger charge is 2.22. The van der Waals surface area contributed by atoms with Crippen LogP contribution in [0.4, 0.5) is 5.69 Å². The second-order valence-electron chi connectivity index (χ2n) is 5.31. The van der Waals surface area contributed by atoms with Crippen LogP contribution in [-0.4, -0.2) is 37.6 Å². The summed E-state index contributed by atoms with van der Waals surface area (Å²) in [5, 5.41) is 7.04. The Morgan fingerprint density at radius 1 is 1.38 bits per heavy atom. The summed E-state index contributed by atoms with van der Waals surface area (Å²) >= 11 is 5.94. The van der Waals surface area contributed by atoms with Crippen molar-refractivity contribution in [2.45, 2.75) is 25.7 Å². The zero-order chi connectivity index (χ0) is 17.9. The van der Waals surface area contributed by atoms with Crippen LogP contribution >= 0.6 is 11.6 Å². The van der Waals surface area contributed by atoms with Gasteiger partial charge in [-0.2, -0.15) is 5.10 Å². The largest absolute Gasteiger partial charge is 0.311 e. The Morgan fingerprint density at radius 3 is 2.62 bits per heavy atom. The van der Waals surface area contributed by atoms with Crippen LogP contribution in [0.3, 0.4) is 0 Å². The van der Waals surface area contributed by atoms with Gasteiger partial charge in [0.05, 0.1) is 11.4 Å². The topological polar surface area (TPSA) is 95.2 Å². The molecule has 2 aromatic rings. The van der Waals surface area contributed by atoms with E-state index in [9.17, 15) is 13.2 Å². The smallest absolute Gasteiger partial charge is 0.244 e. The number of sulfonamides is 1. The highest BCUT2D eigenvalue weighted by Crippen LogP contribution is 2.20. The number of anilines is 1. The van der Waals surface area contributed by atoms with Crippen molar-refractivity contribution < 1.29 is 13.2 Å². The molecule has 9 heteroatoms. The summed E-state index contributed by atoms with van der Waals surface area (Å²) in [5.74, 6) is -0.202. The number of nitrogens with zero attached hydrogens (tertiary/aromatic N) is 2. The van der Waals surface area contributed by atoms with E-state index in [-0.39, 0.29) is 23.9 Å². The van der Waals surface area contributed by atoms with Crippen molar-refractivity contribution in [3.8, 4) is 0 Å². The number of hydrogen-bond acceptors (Lipinski definition) is 4. The summed E-state index contributed by atoms with van der Waals surface area (Å²) in [7, 11) is -3.70. The van der Waals surface area contributed by atoms with Crippen molar-refractivity contribution in [2.24, 2.45) is 0 Å². The summed E-state index contributed by atoms with van der Waals surface area (Å²) < 4.78 is 27.3. The Balaban J connectivity index is 2.10. The third-order valence-corrected chi connectivity index (χ3v) is 5.42. The molecule has 1 amide bonds. The van der Waals surface area contributed by atoms with Crippen molar-refractivity contribution >= 4 is 33.2 Å². The summed E-state index contributed by atoms with van der Waals surface area (Å²) in [6.45, 7) is 4.93. The van der Waals surface area contributed by atoms with Crippen LogP contribution in [0.15, 0.2) is 29.2 Å². The fourth-order valence-electron chi connectivity index (χ4n) is 2.41. The first kappa shape index (κ1) is 18.4. The van der Waals surface area contributed by atoms with Crippen LogP contribution in [0.2, 0.25) is 5.02 Å². The normalized spacial score (nSPS) is 11.5. The maximum Gasteiger partial charge on any atom is 0.244 e. The van der Waals surface area contributed by atoms with Gasteiger partial charge in [-0.3, -0.25) is 9.89 Å². The Morgan fingerprint density at radius 2 is 2.08 bits per heavy atom. The molecule has 0 aliphatic rings. The average Bonchev–Trinajstić information content (AvgIpc) is 2.83. The number of carbonyl (C=O) groups excluding carboxylic acids is 1. The highest BCUT2D eigenvalue weighted by molar-refractivity contribution is 7.89. The second-order valence-corrected chi connectivity index (χ2v) is 7.45. The standard InChI is InChI=1S/C15H19ClN4O3S/c1-10-15(11(2)19-18-10)24(22,23)17-7-8-20(12(3)21)14-6-4-5-13(16)9-14/h4-6,9,17H,7-8H2,1-3H3,(H,18,19). The van der Waals surface area contributed by atoms with Gasteiger partial charge in [0.25, 0.3) is 0 Å². The molecule has 0 spiro atoms. The average molecular weight is 371 g/mol. The molecule has 0 unspecified atom stereocenters. The van der Waals surface area contributed by atoms with Crippen LogP contribution in [0.1, 0.15) is 18.3 Å². The molecule has 1 aromatic heterocycles. The van der Waals surface area contributed by atoms with Gasteiger partial charge in [0.1, 0.15) is 4.90 Å². The predicted octanol–water partition coefficient (Wildman–Crippen LogP) is 2.01. The molecular weight excluding hydrogens is 352 g/mol. The number of aromatic nitrogens is 2. The predicted molar refractivity (Wildman–Crippen MR) is 92.7 cm³/mol. The molecule has 7 nitrogen and oxygen atoms in total. The van der Waals surface area contributed by atoms with Crippen molar-refractivity contribution in [1.29, 1.82) is 0 Å². The summed E-state index contributed by atoms with van der Waals surface area (Å²) in [6.07, 6.45) is 0. The number of nitrogens with one attached hydrogen (secondary N) is 2. The molecule has 1 aromatic carbocycles. The molecule has 1 heterocycles. The molecule has 130 valence electrons. The van der Waals surface area contributed by atoms with Gasteiger partial charge in [0.15, 0.2) is 0 Å². The zero-order valence-electron chi connectivity index (χ0n) is 13.6. The van der Waals surface area contributed by atoms with Crippen molar-refractivity contribution in [1.82, 2.24) is 14.9 Å². The van der Waals surface area contributed by atoms with E-state index in [2.05, 4.69) is 14.9 Å². The number of amides is 1. The fourth-order valence-corrected chi connectivity index (χ4v) is 3.99. The lowest BCUT2D eigenvalue weighted by Gasteiger charge is -2.21. The Kier molecular flexibility index (Phi) is 5.63. The number of carbonyl (C=O) groups is 1. The number of benzene rings is 1. The van der Waals surface area contributed by atoms with Gasteiger partial charge in [-0.1, -0.05) is 17.7 Å². The molecule has 0 bridgehead atoms. The van der Waals surface area contributed by atoms with Gasteiger partial charge >= 0.3 is 0 Å². The molecule has 0 aliphatic carbocycles. The molecule has 24 heavy (non-hydrogen) atoms. The van der Waals surface area contributed by atoms with Crippen LogP contribution < -0.4 is 9.62 Å². The Hall–Kier alpha value is -1.90. The van der Waals surface area contributed by atoms with Gasteiger partial charge in [-0.15, -0.1) is 0 Å². The Labute approximate surface area is 146 Å². The molecular formula is C15H19ClN4O3S. The summed E-state index contributed by atoms with van der Waals surface area (Å²) in [5.41, 5.74) is 1.49. The van der Waals surface area contributed by atoms with Gasteiger partial charge in [-0.05, 0) is 32.0 Å². The van der Waals surface area contributed by atoms with E-state index in [0.717, 1.165) is 0 Å². The van der Waals surface area contributed by atoms with Crippen molar-refractivity contribution in [3.05, 3.63) is 40.7 Å². The van der Waals surface area contributed by atoms with E-state index < -0.39 is 10.0 Å². The van der Waals surface area contributed by atoms with E-state index in [1.165, 1.54) is 11.8 Å². The lowest BCUT2D eigenvalue weighted by molar-refractivity contribution is -0.116. The third kappa shape index (κ3) is 4.14. The van der Waals surface area contributed by atoms with Gasteiger partial charge in [0, 0.05) is 30.7 Å². The first-order valence-electron chi connectivity index (χ1n) is 7.27. The molecule has 0 atom stereocenters. The molecule has 0 saturated carbocycles. The highest BCUT2D eigenvalue weighted by atomic mass is 35.5. The molecule has 2 N–H and O–H groups in total. The van der Waals surface area contributed by atoms with Crippen LogP contribution in [0.5, 0.6) is 0 Å². The Bertz CT molecular complexity index is 829. The lowest BCUT2D eigenvalue weighted by atomic mass is 10.3. The number of rotatable bonds is 6.